The van der Waals surface area contributed by atoms with Gasteiger partial charge < -0.3 is 10.6 Å². The van der Waals surface area contributed by atoms with E-state index in [1.807, 2.05) is 18.2 Å². The standard InChI is InChI=1S/C24H22FN7/c25-20-3-1-2-16(12-20)4-7-21-29-23(28-14-17-8-10-26-11-9-17)32-24(30-21)31-22-13-19(15-27-22)18-5-6-18/h1-4,7-13,18H,5-6,14-15H2,(H2,27,28,29,30,31,32)/b7-4+. The van der Waals surface area contributed by atoms with Crippen LogP contribution in [0.3, 0.4) is 0 Å². The normalized spacial score (nSPS) is 15.5. The van der Waals surface area contributed by atoms with Gasteiger partial charge in [0.25, 0.3) is 0 Å². The Hall–Kier alpha value is -3.94. The molecule has 0 saturated heterocycles. The lowest BCUT2D eigenvalue weighted by atomic mass is 10.2. The van der Waals surface area contributed by atoms with Crippen LogP contribution >= 0.6 is 0 Å². The minimum Gasteiger partial charge on any atom is -0.350 e. The molecule has 3 heterocycles. The highest BCUT2D eigenvalue weighted by molar-refractivity contribution is 6.05. The molecule has 1 saturated carbocycles. The zero-order valence-corrected chi connectivity index (χ0v) is 17.4. The number of aliphatic imine (C=N–C) groups is 1. The lowest BCUT2D eigenvalue weighted by molar-refractivity contribution is 0.627. The van der Waals surface area contributed by atoms with E-state index in [0.29, 0.717) is 30.2 Å². The van der Waals surface area contributed by atoms with Crippen molar-refractivity contribution in [2.45, 2.75) is 19.4 Å². The Morgan fingerprint density at radius 3 is 2.66 bits per heavy atom. The van der Waals surface area contributed by atoms with Crippen LogP contribution in [0.4, 0.5) is 16.3 Å². The van der Waals surface area contributed by atoms with E-state index in [0.717, 1.165) is 23.5 Å². The number of benzene rings is 1. The number of nitrogens with one attached hydrogen (secondary N) is 2. The summed E-state index contributed by atoms with van der Waals surface area (Å²) in [6.45, 7) is 1.28. The van der Waals surface area contributed by atoms with Crippen LogP contribution in [0.15, 0.2) is 65.4 Å². The summed E-state index contributed by atoms with van der Waals surface area (Å²) in [5, 5.41) is 6.44. The molecule has 1 aliphatic carbocycles. The topological polar surface area (TPSA) is 88.0 Å². The van der Waals surface area contributed by atoms with Crippen molar-refractivity contribution in [1.82, 2.24) is 19.9 Å². The summed E-state index contributed by atoms with van der Waals surface area (Å²) in [6.07, 6.45) is 11.6. The van der Waals surface area contributed by atoms with Gasteiger partial charge in [0.2, 0.25) is 11.9 Å². The average molecular weight is 427 g/mol. The van der Waals surface area contributed by atoms with Gasteiger partial charge in [-0.1, -0.05) is 18.2 Å². The molecule has 1 fully saturated rings. The first kappa shape index (κ1) is 20.0. The first-order valence-corrected chi connectivity index (χ1v) is 10.6. The molecule has 32 heavy (non-hydrogen) atoms. The SMILES string of the molecule is Fc1cccc(/C=C/c2nc(NCc3ccncc3)nc(NC3=NCC(C4CC4)=C3)n2)c1. The summed E-state index contributed by atoms with van der Waals surface area (Å²) in [4.78, 5) is 22.1. The van der Waals surface area contributed by atoms with Gasteiger partial charge in [-0.2, -0.15) is 15.0 Å². The molecule has 2 aromatic heterocycles. The van der Waals surface area contributed by atoms with Crippen LogP contribution in [-0.4, -0.2) is 32.3 Å². The van der Waals surface area contributed by atoms with E-state index in [1.165, 1.54) is 30.5 Å². The van der Waals surface area contributed by atoms with Crippen molar-refractivity contribution in [1.29, 1.82) is 0 Å². The summed E-state index contributed by atoms with van der Waals surface area (Å²) >= 11 is 0. The molecule has 0 radical (unpaired) electrons. The molecule has 5 rings (SSSR count). The van der Waals surface area contributed by atoms with E-state index >= 15 is 0 Å². The highest BCUT2D eigenvalue weighted by Crippen LogP contribution is 2.37. The maximum atomic E-state index is 13.5. The Morgan fingerprint density at radius 1 is 1.00 bits per heavy atom. The molecule has 1 aliphatic heterocycles. The fourth-order valence-corrected chi connectivity index (χ4v) is 3.40. The Morgan fingerprint density at radius 2 is 1.84 bits per heavy atom. The van der Waals surface area contributed by atoms with E-state index in [1.54, 1.807) is 30.6 Å². The zero-order chi connectivity index (χ0) is 21.8. The molecule has 8 heteroatoms. The number of pyridine rings is 1. The third-order valence-electron chi connectivity index (χ3n) is 5.22. The first-order chi connectivity index (χ1) is 15.7. The monoisotopic (exact) mass is 427 g/mol. The average Bonchev–Trinajstić information content (AvgIpc) is 3.56. The molecule has 7 nitrogen and oxygen atoms in total. The molecule has 0 atom stereocenters. The van der Waals surface area contributed by atoms with Crippen LogP contribution in [-0.2, 0) is 6.54 Å². The minimum atomic E-state index is -0.289. The van der Waals surface area contributed by atoms with E-state index < -0.39 is 0 Å². The fourth-order valence-electron chi connectivity index (χ4n) is 3.40. The first-order valence-electron chi connectivity index (χ1n) is 10.6. The number of halogens is 1. The van der Waals surface area contributed by atoms with Gasteiger partial charge in [0.1, 0.15) is 11.7 Å². The highest BCUT2D eigenvalue weighted by Gasteiger charge is 2.28. The third-order valence-corrected chi connectivity index (χ3v) is 5.22. The molecule has 0 bridgehead atoms. The van der Waals surface area contributed by atoms with Crippen LogP contribution < -0.4 is 10.6 Å². The summed E-state index contributed by atoms with van der Waals surface area (Å²) in [5.41, 5.74) is 3.15. The number of hydrogen-bond donors (Lipinski definition) is 2. The second-order valence-corrected chi connectivity index (χ2v) is 7.76. The quantitative estimate of drug-likeness (QED) is 0.583. The van der Waals surface area contributed by atoms with Gasteiger partial charge in [-0.15, -0.1) is 0 Å². The molecule has 1 aromatic carbocycles. The van der Waals surface area contributed by atoms with Gasteiger partial charge in [-0.05, 0) is 71.9 Å². The summed E-state index contributed by atoms with van der Waals surface area (Å²) in [6, 6.07) is 10.2. The number of amidine groups is 1. The summed E-state index contributed by atoms with van der Waals surface area (Å²) < 4.78 is 13.5. The number of nitrogens with zero attached hydrogens (tertiary/aromatic N) is 5. The smallest absolute Gasteiger partial charge is 0.233 e. The molecule has 2 aliphatic rings. The fraction of sp³-hybridized carbons (Fsp3) is 0.208. The maximum absolute atomic E-state index is 13.5. The molecule has 0 amide bonds. The van der Waals surface area contributed by atoms with Crippen molar-refractivity contribution in [3.05, 3.63) is 83.2 Å². The van der Waals surface area contributed by atoms with Gasteiger partial charge in [-0.25, -0.2) is 4.39 Å². The van der Waals surface area contributed by atoms with Gasteiger partial charge in [0.15, 0.2) is 5.82 Å². The molecule has 3 aromatic rings. The van der Waals surface area contributed by atoms with Gasteiger partial charge >= 0.3 is 0 Å². The number of aromatic nitrogens is 4. The van der Waals surface area contributed by atoms with Crippen molar-refractivity contribution in [3.63, 3.8) is 0 Å². The molecule has 0 unspecified atom stereocenters. The lowest BCUT2D eigenvalue weighted by Gasteiger charge is -2.09. The van der Waals surface area contributed by atoms with Crippen molar-refractivity contribution >= 4 is 29.9 Å². The summed E-state index contributed by atoms with van der Waals surface area (Å²) in [7, 11) is 0. The van der Waals surface area contributed by atoms with Gasteiger partial charge in [0, 0.05) is 18.9 Å². The second-order valence-electron chi connectivity index (χ2n) is 7.76. The highest BCUT2D eigenvalue weighted by atomic mass is 19.1. The van der Waals surface area contributed by atoms with E-state index in [-0.39, 0.29) is 5.82 Å². The third kappa shape index (κ3) is 5.21. The lowest BCUT2D eigenvalue weighted by Crippen LogP contribution is -2.14. The number of rotatable bonds is 7. The van der Waals surface area contributed by atoms with Crippen LogP contribution in [0.2, 0.25) is 0 Å². The molecule has 2 N–H and O–H groups in total. The Bertz CT molecular complexity index is 1200. The largest absolute Gasteiger partial charge is 0.350 e. The van der Waals surface area contributed by atoms with Crippen LogP contribution in [0.5, 0.6) is 0 Å². The Kier molecular flexibility index (Phi) is 5.65. The van der Waals surface area contributed by atoms with E-state index in [2.05, 4.69) is 41.6 Å². The van der Waals surface area contributed by atoms with Crippen molar-refractivity contribution in [2.75, 3.05) is 17.2 Å². The predicted octanol–water partition coefficient (Wildman–Crippen LogP) is 4.35. The van der Waals surface area contributed by atoms with Crippen LogP contribution in [0, 0.1) is 11.7 Å². The van der Waals surface area contributed by atoms with E-state index in [9.17, 15) is 4.39 Å². The summed E-state index contributed by atoms with van der Waals surface area (Å²) in [5.74, 6) is 2.44. The van der Waals surface area contributed by atoms with Crippen molar-refractivity contribution in [2.24, 2.45) is 10.9 Å². The molecular weight excluding hydrogens is 405 g/mol. The van der Waals surface area contributed by atoms with Crippen molar-refractivity contribution in [3.8, 4) is 0 Å². The Balaban J connectivity index is 1.37. The van der Waals surface area contributed by atoms with Gasteiger partial charge in [-0.3, -0.25) is 9.98 Å². The van der Waals surface area contributed by atoms with Gasteiger partial charge in [0.05, 0.1) is 6.54 Å². The van der Waals surface area contributed by atoms with Crippen molar-refractivity contribution < 1.29 is 4.39 Å². The van der Waals surface area contributed by atoms with Crippen LogP contribution in [0.25, 0.3) is 12.2 Å². The molecule has 160 valence electrons. The molecular formula is C24H22FN7. The van der Waals surface area contributed by atoms with Crippen LogP contribution in [0.1, 0.15) is 29.8 Å². The number of anilines is 2. The van der Waals surface area contributed by atoms with E-state index in [4.69, 9.17) is 0 Å². The second kappa shape index (κ2) is 9.05. The zero-order valence-electron chi connectivity index (χ0n) is 17.4. The molecule has 0 spiro atoms. The minimum absolute atomic E-state index is 0.289. The predicted molar refractivity (Wildman–Crippen MR) is 123 cm³/mol. The maximum Gasteiger partial charge on any atom is 0.233 e. The number of hydrogen-bond acceptors (Lipinski definition) is 7. The Labute approximate surface area is 185 Å².